The highest BCUT2D eigenvalue weighted by Gasteiger charge is 2.32. The number of methoxy groups -OCH3 is 1. The Labute approximate surface area is 106 Å². The molecule has 2 fully saturated rings. The maximum Gasteiger partial charge on any atom is 0.0698 e. The Kier molecular flexibility index (Phi) is 5.26. The van der Waals surface area contributed by atoms with Crippen LogP contribution >= 0.6 is 0 Å². The van der Waals surface area contributed by atoms with Crippen LogP contribution in [0.15, 0.2) is 0 Å². The Bertz CT molecular complexity index is 220. The van der Waals surface area contributed by atoms with Gasteiger partial charge in [0.2, 0.25) is 0 Å². The van der Waals surface area contributed by atoms with Gasteiger partial charge >= 0.3 is 0 Å². The molecule has 100 valence electrons. The van der Waals surface area contributed by atoms with E-state index in [1.165, 1.54) is 45.1 Å². The Balaban J connectivity index is 1.92. The first-order valence-corrected chi connectivity index (χ1v) is 7.35. The van der Waals surface area contributed by atoms with E-state index in [4.69, 9.17) is 4.74 Å². The summed E-state index contributed by atoms with van der Waals surface area (Å²) in [4.78, 5) is 2.68. The lowest BCUT2D eigenvalue weighted by molar-refractivity contribution is 0.000285. The number of nitrogens with zero attached hydrogens (tertiary/aromatic N) is 1. The second kappa shape index (κ2) is 6.72. The van der Waals surface area contributed by atoms with Crippen molar-refractivity contribution in [2.45, 2.75) is 63.6 Å². The normalized spacial score (nSPS) is 36.0. The molecule has 3 atom stereocenters. The van der Waals surface area contributed by atoms with Gasteiger partial charge in [-0.15, -0.1) is 0 Å². The lowest BCUT2D eigenvalue weighted by Crippen LogP contribution is -2.55. The van der Waals surface area contributed by atoms with E-state index in [2.05, 4.69) is 17.1 Å². The lowest BCUT2D eigenvalue weighted by Gasteiger charge is -2.43. The molecule has 0 aromatic heterocycles. The summed E-state index contributed by atoms with van der Waals surface area (Å²) in [6.07, 6.45) is 8.53. The fourth-order valence-corrected chi connectivity index (χ4v) is 3.51. The Hall–Kier alpha value is -0.120. The van der Waals surface area contributed by atoms with Crippen molar-refractivity contribution in [2.24, 2.45) is 0 Å². The van der Waals surface area contributed by atoms with E-state index in [0.717, 1.165) is 19.1 Å². The molecule has 0 bridgehead atoms. The van der Waals surface area contributed by atoms with Crippen LogP contribution in [0, 0.1) is 0 Å². The van der Waals surface area contributed by atoms with Crippen molar-refractivity contribution >= 4 is 0 Å². The highest BCUT2D eigenvalue weighted by molar-refractivity contribution is 4.90. The van der Waals surface area contributed by atoms with Crippen molar-refractivity contribution in [2.75, 3.05) is 26.7 Å². The summed E-state index contributed by atoms with van der Waals surface area (Å²) in [7, 11) is 1.86. The molecule has 0 aromatic carbocycles. The van der Waals surface area contributed by atoms with E-state index in [1.54, 1.807) is 0 Å². The van der Waals surface area contributed by atoms with Gasteiger partial charge < -0.3 is 10.1 Å². The van der Waals surface area contributed by atoms with Crippen LogP contribution in [0.4, 0.5) is 0 Å². The van der Waals surface area contributed by atoms with Gasteiger partial charge in [-0.25, -0.2) is 0 Å². The van der Waals surface area contributed by atoms with Crippen LogP contribution in [0.1, 0.15) is 45.4 Å². The van der Waals surface area contributed by atoms with Crippen LogP contribution in [0.25, 0.3) is 0 Å². The second-order valence-corrected chi connectivity index (χ2v) is 5.51. The molecule has 1 aliphatic carbocycles. The molecule has 3 nitrogen and oxygen atoms in total. The van der Waals surface area contributed by atoms with Crippen LogP contribution in [-0.2, 0) is 4.74 Å². The number of rotatable bonds is 4. The summed E-state index contributed by atoms with van der Waals surface area (Å²) in [6, 6.07) is 1.46. The first-order chi connectivity index (χ1) is 8.35. The number of ether oxygens (including phenoxy) is 1. The molecule has 17 heavy (non-hydrogen) atoms. The van der Waals surface area contributed by atoms with Gasteiger partial charge in [-0.1, -0.05) is 19.8 Å². The third-order valence-corrected chi connectivity index (χ3v) is 4.41. The van der Waals surface area contributed by atoms with Gasteiger partial charge in [0, 0.05) is 25.7 Å². The van der Waals surface area contributed by atoms with Crippen molar-refractivity contribution in [1.29, 1.82) is 0 Å². The standard InChI is InChI=1S/C14H28N2O/c1-3-15-13-8-4-5-9-14(13)16-10-6-7-12(11-16)17-2/h12-15H,3-11H2,1-2H3. The average molecular weight is 240 g/mol. The van der Waals surface area contributed by atoms with E-state index < -0.39 is 0 Å². The number of hydrogen-bond acceptors (Lipinski definition) is 3. The van der Waals surface area contributed by atoms with Crippen LogP contribution in [0.3, 0.4) is 0 Å². The zero-order valence-corrected chi connectivity index (χ0v) is 11.5. The van der Waals surface area contributed by atoms with Crippen molar-refractivity contribution in [3.05, 3.63) is 0 Å². The first-order valence-electron chi connectivity index (χ1n) is 7.35. The van der Waals surface area contributed by atoms with Gasteiger partial charge in [0.05, 0.1) is 6.10 Å². The molecular weight excluding hydrogens is 212 g/mol. The maximum absolute atomic E-state index is 5.55. The van der Waals surface area contributed by atoms with Gasteiger partial charge in [-0.2, -0.15) is 0 Å². The molecule has 1 heterocycles. The molecule has 1 saturated carbocycles. The van der Waals surface area contributed by atoms with Crippen LogP contribution in [-0.4, -0.2) is 49.8 Å². The number of likely N-dealkylation sites (tertiary alicyclic amines) is 1. The predicted octanol–water partition coefficient (Wildman–Crippen LogP) is 2.02. The number of likely N-dealkylation sites (N-methyl/N-ethyl adjacent to an activating group) is 1. The summed E-state index contributed by atoms with van der Waals surface area (Å²) in [6.45, 7) is 5.73. The Morgan fingerprint density at radius 3 is 2.76 bits per heavy atom. The summed E-state index contributed by atoms with van der Waals surface area (Å²) < 4.78 is 5.55. The molecule has 0 radical (unpaired) electrons. The molecule has 3 unspecified atom stereocenters. The quantitative estimate of drug-likeness (QED) is 0.813. The highest BCUT2D eigenvalue weighted by Crippen LogP contribution is 2.26. The highest BCUT2D eigenvalue weighted by atomic mass is 16.5. The van der Waals surface area contributed by atoms with E-state index >= 15 is 0 Å². The monoisotopic (exact) mass is 240 g/mol. The molecule has 1 saturated heterocycles. The molecule has 1 N–H and O–H groups in total. The topological polar surface area (TPSA) is 24.5 Å². The van der Waals surface area contributed by atoms with Gasteiger partial charge in [0.1, 0.15) is 0 Å². The second-order valence-electron chi connectivity index (χ2n) is 5.51. The molecule has 1 aliphatic heterocycles. The molecule has 0 spiro atoms. The fraction of sp³-hybridized carbons (Fsp3) is 1.00. The number of hydrogen-bond donors (Lipinski definition) is 1. The molecule has 3 heteroatoms. The van der Waals surface area contributed by atoms with Crippen LogP contribution < -0.4 is 5.32 Å². The summed E-state index contributed by atoms with van der Waals surface area (Å²) >= 11 is 0. The number of piperidine rings is 1. The minimum atomic E-state index is 0.466. The Morgan fingerprint density at radius 1 is 1.18 bits per heavy atom. The summed E-state index contributed by atoms with van der Waals surface area (Å²) in [5.74, 6) is 0. The zero-order valence-electron chi connectivity index (χ0n) is 11.5. The average Bonchev–Trinajstić information content (AvgIpc) is 2.40. The minimum Gasteiger partial charge on any atom is -0.380 e. The largest absolute Gasteiger partial charge is 0.380 e. The maximum atomic E-state index is 5.55. The molecular formula is C14H28N2O. The third-order valence-electron chi connectivity index (χ3n) is 4.41. The van der Waals surface area contributed by atoms with Crippen molar-refractivity contribution in [3.63, 3.8) is 0 Å². The van der Waals surface area contributed by atoms with Gasteiger partial charge in [-0.3, -0.25) is 4.90 Å². The van der Waals surface area contributed by atoms with E-state index in [1.807, 2.05) is 7.11 Å². The first kappa shape index (κ1) is 13.3. The van der Waals surface area contributed by atoms with Crippen molar-refractivity contribution in [3.8, 4) is 0 Å². The molecule has 2 rings (SSSR count). The third kappa shape index (κ3) is 3.43. The van der Waals surface area contributed by atoms with E-state index in [9.17, 15) is 0 Å². The van der Waals surface area contributed by atoms with Crippen molar-refractivity contribution < 1.29 is 4.74 Å². The van der Waals surface area contributed by atoms with Crippen molar-refractivity contribution in [1.82, 2.24) is 10.2 Å². The predicted molar refractivity (Wildman–Crippen MR) is 71.3 cm³/mol. The zero-order chi connectivity index (χ0) is 12.1. The SMILES string of the molecule is CCNC1CCCCC1N1CCCC(OC)C1. The van der Waals surface area contributed by atoms with Gasteiger partial charge in [-0.05, 0) is 38.8 Å². The van der Waals surface area contributed by atoms with Crippen LogP contribution in [0.5, 0.6) is 0 Å². The van der Waals surface area contributed by atoms with E-state index in [-0.39, 0.29) is 0 Å². The molecule has 0 amide bonds. The minimum absolute atomic E-state index is 0.466. The summed E-state index contributed by atoms with van der Waals surface area (Å²) in [5.41, 5.74) is 0. The fourth-order valence-electron chi connectivity index (χ4n) is 3.51. The molecule has 0 aromatic rings. The smallest absolute Gasteiger partial charge is 0.0698 e. The summed E-state index contributed by atoms with van der Waals surface area (Å²) in [5, 5.41) is 3.68. The number of nitrogens with one attached hydrogen (secondary N) is 1. The van der Waals surface area contributed by atoms with Gasteiger partial charge in [0.25, 0.3) is 0 Å². The Morgan fingerprint density at radius 2 is 2.00 bits per heavy atom. The molecule has 2 aliphatic rings. The lowest BCUT2D eigenvalue weighted by atomic mass is 9.88. The van der Waals surface area contributed by atoms with E-state index in [0.29, 0.717) is 12.1 Å². The van der Waals surface area contributed by atoms with Gasteiger partial charge in [0.15, 0.2) is 0 Å². The van der Waals surface area contributed by atoms with Crippen LogP contribution in [0.2, 0.25) is 0 Å².